The molecule has 1 saturated carbocycles. The van der Waals surface area contributed by atoms with Crippen LogP contribution >= 0.6 is 27.5 Å². The second-order valence-electron chi connectivity index (χ2n) is 4.18. The number of hydrogen-bond acceptors (Lipinski definition) is 6. The van der Waals surface area contributed by atoms with Crippen molar-refractivity contribution in [3.05, 3.63) is 32.4 Å². The highest BCUT2D eigenvalue weighted by Crippen LogP contribution is 2.39. The lowest BCUT2D eigenvalue weighted by atomic mass is 10.3. The second kappa shape index (κ2) is 4.75. The SMILES string of the molecule is N#Cc1c(Nc2cc(Br)nc(C3CC3)n2)s[nH]c1=O. The van der Waals surface area contributed by atoms with Crippen LogP contribution < -0.4 is 10.9 Å². The minimum Gasteiger partial charge on any atom is -0.329 e. The van der Waals surface area contributed by atoms with Crippen molar-refractivity contribution in [2.45, 2.75) is 18.8 Å². The van der Waals surface area contributed by atoms with Gasteiger partial charge in [-0.25, -0.2) is 9.97 Å². The number of rotatable bonds is 3. The number of aromatic amines is 1. The molecule has 1 aliphatic carbocycles. The van der Waals surface area contributed by atoms with E-state index in [4.69, 9.17) is 5.26 Å². The molecule has 2 aromatic heterocycles. The van der Waals surface area contributed by atoms with Gasteiger partial charge in [-0.05, 0) is 40.3 Å². The second-order valence-corrected chi connectivity index (χ2v) is 5.81. The molecular formula is C11H8BrN5OS. The van der Waals surface area contributed by atoms with E-state index in [0.29, 0.717) is 21.3 Å². The first-order valence-electron chi connectivity index (χ1n) is 5.60. The standard InChI is InChI=1S/C11H8BrN5OS/c12-7-3-8(15-9(14-7)5-1-2-5)16-11-6(4-13)10(18)17-19-11/h3,5H,1-2H2,(H,17,18)(H,14,15,16). The lowest BCUT2D eigenvalue weighted by molar-refractivity contribution is 0.919. The van der Waals surface area contributed by atoms with E-state index >= 15 is 0 Å². The Bertz CT molecular complexity index is 727. The Hall–Kier alpha value is -1.72. The first-order chi connectivity index (χ1) is 9.17. The lowest BCUT2D eigenvalue weighted by Gasteiger charge is -2.05. The van der Waals surface area contributed by atoms with Crippen LogP contribution in [0.5, 0.6) is 0 Å². The third-order valence-corrected chi connectivity index (χ3v) is 3.91. The summed E-state index contributed by atoms with van der Waals surface area (Å²) in [5, 5.41) is 12.4. The maximum Gasteiger partial charge on any atom is 0.278 e. The first kappa shape index (κ1) is 12.3. The van der Waals surface area contributed by atoms with Crippen molar-refractivity contribution in [1.29, 1.82) is 5.26 Å². The summed E-state index contributed by atoms with van der Waals surface area (Å²) < 4.78 is 3.21. The first-order valence-corrected chi connectivity index (χ1v) is 7.21. The van der Waals surface area contributed by atoms with Gasteiger partial charge in [0, 0.05) is 12.0 Å². The minimum absolute atomic E-state index is 0.0766. The fourth-order valence-electron chi connectivity index (χ4n) is 1.63. The molecular weight excluding hydrogens is 330 g/mol. The Labute approximate surface area is 120 Å². The zero-order chi connectivity index (χ0) is 13.4. The number of nitriles is 1. The van der Waals surface area contributed by atoms with Crippen LogP contribution in [0.15, 0.2) is 15.5 Å². The Morgan fingerprint density at radius 1 is 1.53 bits per heavy atom. The normalized spacial score (nSPS) is 14.1. The molecule has 2 heterocycles. The highest BCUT2D eigenvalue weighted by Gasteiger charge is 2.27. The summed E-state index contributed by atoms with van der Waals surface area (Å²) in [6, 6.07) is 3.60. The summed E-state index contributed by atoms with van der Waals surface area (Å²) in [5.74, 6) is 1.80. The van der Waals surface area contributed by atoms with E-state index < -0.39 is 0 Å². The van der Waals surface area contributed by atoms with Gasteiger partial charge in [0.1, 0.15) is 27.3 Å². The molecule has 0 aromatic carbocycles. The summed E-state index contributed by atoms with van der Waals surface area (Å²) >= 11 is 4.43. The summed E-state index contributed by atoms with van der Waals surface area (Å²) in [7, 11) is 0. The Morgan fingerprint density at radius 2 is 2.32 bits per heavy atom. The lowest BCUT2D eigenvalue weighted by Crippen LogP contribution is -2.04. The number of hydrogen-bond donors (Lipinski definition) is 2. The van der Waals surface area contributed by atoms with Gasteiger partial charge in [-0.15, -0.1) is 0 Å². The van der Waals surface area contributed by atoms with Gasteiger partial charge in [-0.1, -0.05) is 0 Å². The van der Waals surface area contributed by atoms with Gasteiger partial charge in [0.2, 0.25) is 0 Å². The Kier molecular flexibility index (Phi) is 3.08. The van der Waals surface area contributed by atoms with Gasteiger partial charge in [0.25, 0.3) is 5.56 Å². The van der Waals surface area contributed by atoms with Gasteiger partial charge < -0.3 is 5.32 Å². The van der Waals surface area contributed by atoms with Crippen molar-refractivity contribution in [3.63, 3.8) is 0 Å². The van der Waals surface area contributed by atoms with Gasteiger partial charge >= 0.3 is 0 Å². The highest BCUT2D eigenvalue weighted by molar-refractivity contribution is 9.10. The molecule has 0 bridgehead atoms. The van der Waals surface area contributed by atoms with Gasteiger partial charge in [0.05, 0.1) is 0 Å². The maximum absolute atomic E-state index is 11.4. The van der Waals surface area contributed by atoms with E-state index in [9.17, 15) is 4.79 Å². The van der Waals surface area contributed by atoms with Crippen LogP contribution in [-0.4, -0.2) is 14.3 Å². The van der Waals surface area contributed by atoms with Crippen molar-refractivity contribution in [2.75, 3.05) is 5.32 Å². The zero-order valence-corrected chi connectivity index (χ0v) is 12.0. The zero-order valence-electron chi connectivity index (χ0n) is 9.61. The number of anilines is 2. The minimum atomic E-state index is -0.384. The monoisotopic (exact) mass is 337 g/mol. The molecule has 96 valence electrons. The molecule has 0 unspecified atom stereocenters. The van der Waals surface area contributed by atoms with Crippen LogP contribution in [-0.2, 0) is 0 Å². The van der Waals surface area contributed by atoms with E-state index in [1.54, 1.807) is 6.07 Å². The van der Waals surface area contributed by atoms with E-state index in [0.717, 1.165) is 30.2 Å². The van der Waals surface area contributed by atoms with E-state index in [-0.39, 0.29) is 11.1 Å². The third-order valence-electron chi connectivity index (χ3n) is 2.71. The summed E-state index contributed by atoms with van der Waals surface area (Å²) in [5.41, 5.74) is -0.307. The predicted octanol–water partition coefficient (Wildman–Crippen LogP) is 2.48. The smallest absolute Gasteiger partial charge is 0.278 e. The van der Waals surface area contributed by atoms with Crippen LogP contribution in [0.25, 0.3) is 0 Å². The van der Waals surface area contributed by atoms with Crippen LogP contribution in [0.3, 0.4) is 0 Å². The van der Waals surface area contributed by atoms with Gasteiger partial charge in [-0.3, -0.25) is 9.17 Å². The molecule has 6 nitrogen and oxygen atoms in total. The van der Waals surface area contributed by atoms with Crippen LogP contribution in [0.2, 0.25) is 0 Å². The molecule has 2 N–H and O–H groups in total. The van der Waals surface area contributed by atoms with Gasteiger partial charge in [0.15, 0.2) is 5.56 Å². The van der Waals surface area contributed by atoms with Crippen molar-refractivity contribution < 1.29 is 0 Å². The number of H-pyrrole nitrogens is 1. The molecule has 0 amide bonds. The maximum atomic E-state index is 11.4. The molecule has 0 atom stereocenters. The largest absolute Gasteiger partial charge is 0.329 e. The number of aromatic nitrogens is 3. The molecule has 0 radical (unpaired) electrons. The highest BCUT2D eigenvalue weighted by atomic mass is 79.9. The summed E-state index contributed by atoms with van der Waals surface area (Å²) in [4.78, 5) is 20.1. The van der Waals surface area contributed by atoms with Crippen molar-refractivity contribution in [1.82, 2.24) is 14.3 Å². The van der Waals surface area contributed by atoms with Crippen LogP contribution in [0, 0.1) is 11.3 Å². The number of nitrogens with zero attached hydrogens (tertiary/aromatic N) is 3. The topological polar surface area (TPSA) is 94.5 Å². The number of nitrogens with one attached hydrogen (secondary N) is 2. The van der Waals surface area contributed by atoms with Crippen LogP contribution in [0.1, 0.15) is 30.1 Å². The van der Waals surface area contributed by atoms with Crippen molar-refractivity contribution in [3.8, 4) is 6.07 Å². The third kappa shape index (κ3) is 2.52. The predicted molar refractivity (Wildman–Crippen MR) is 74.6 cm³/mol. The summed E-state index contributed by atoms with van der Waals surface area (Å²) in [6.45, 7) is 0. The Morgan fingerprint density at radius 3 is 3.00 bits per heavy atom. The van der Waals surface area contributed by atoms with Crippen molar-refractivity contribution >= 4 is 38.3 Å². The molecule has 3 rings (SSSR count). The molecule has 2 aromatic rings. The summed E-state index contributed by atoms with van der Waals surface area (Å²) in [6.07, 6.45) is 2.22. The fourth-order valence-corrected chi connectivity index (χ4v) is 2.72. The Balaban J connectivity index is 1.94. The average molecular weight is 338 g/mol. The fraction of sp³-hybridized carbons (Fsp3) is 0.273. The molecule has 1 aliphatic rings. The van der Waals surface area contributed by atoms with Crippen molar-refractivity contribution in [2.24, 2.45) is 0 Å². The average Bonchev–Trinajstić information content (AvgIpc) is 3.15. The molecule has 0 saturated heterocycles. The quantitative estimate of drug-likeness (QED) is 0.839. The molecule has 0 spiro atoms. The van der Waals surface area contributed by atoms with Gasteiger partial charge in [-0.2, -0.15) is 5.26 Å². The number of halogens is 1. The van der Waals surface area contributed by atoms with E-state index in [1.165, 1.54) is 0 Å². The molecule has 1 fully saturated rings. The molecule has 0 aliphatic heterocycles. The molecule has 19 heavy (non-hydrogen) atoms. The van der Waals surface area contributed by atoms with E-state index in [2.05, 4.69) is 35.6 Å². The molecule has 8 heteroatoms. The van der Waals surface area contributed by atoms with E-state index in [1.807, 2.05) is 6.07 Å². The van der Waals surface area contributed by atoms with Crippen LogP contribution in [0.4, 0.5) is 10.8 Å².